The Labute approximate surface area is 244 Å². The highest BCUT2D eigenvalue weighted by atomic mass is 35.5. The molecule has 6 N–H and O–H groups in total. The van der Waals surface area contributed by atoms with E-state index in [2.05, 4.69) is 4.98 Å². The molecule has 6 atom stereocenters. The van der Waals surface area contributed by atoms with E-state index in [-0.39, 0.29) is 52.9 Å². The van der Waals surface area contributed by atoms with Gasteiger partial charge in [-0.25, -0.2) is 0 Å². The Morgan fingerprint density at radius 1 is 1.17 bits per heavy atom. The van der Waals surface area contributed by atoms with Gasteiger partial charge in [-0.3, -0.25) is 14.4 Å². The number of Topliss-reactive ketones (excluding diaryl/α,β-unsaturated/α-hetero) is 1. The van der Waals surface area contributed by atoms with Crippen molar-refractivity contribution in [3.8, 4) is 17.2 Å². The lowest BCUT2D eigenvalue weighted by molar-refractivity contribution is -0.248. The first-order chi connectivity index (χ1) is 19.0. The van der Waals surface area contributed by atoms with E-state index in [9.17, 15) is 39.9 Å². The molecular formula is C27H32ClNO11Si. The summed E-state index contributed by atoms with van der Waals surface area (Å²) in [4.78, 5) is 43.0. The fourth-order valence-electron chi connectivity index (χ4n) is 6.00. The van der Waals surface area contributed by atoms with Crippen LogP contribution in [0.2, 0.25) is 0 Å². The number of carbonyl (C=O) groups is 3. The average Bonchev–Trinajstić information content (AvgIpc) is 2.94. The zero-order chi connectivity index (χ0) is 29.1. The van der Waals surface area contributed by atoms with Crippen LogP contribution >= 0.6 is 12.4 Å². The molecule has 2 aliphatic carbocycles. The van der Waals surface area contributed by atoms with Crippen molar-refractivity contribution >= 4 is 40.2 Å². The second-order valence-corrected chi connectivity index (χ2v) is 11.0. The molecule has 222 valence electrons. The maximum atomic E-state index is 13.7. The van der Waals surface area contributed by atoms with Crippen molar-refractivity contribution < 1.29 is 54.1 Å². The molecule has 2 aromatic carbocycles. The van der Waals surface area contributed by atoms with Crippen molar-refractivity contribution in [2.75, 3.05) is 13.7 Å². The zero-order valence-electron chi connectivity index (χ0n) is 22.5. The highest BCUT2D eigenvalue weighted by molar-refractivity contribution is 6.31. The highest BCUT2D eigenvalue weighted by Crippen LogP contribution is 2.52. The Balaban J connectivity index is 0.00000387. The van der Waals surface area contributed by atoms with Crippen LogP contribution in [0.1, 0.15) is 68.8 Å². The molecule has 0 bridgehead atoms. The number of methoxy groups -OCH3 is 1. The highest BCUT2D eigenvalue weighted by Gasteiger charge is 2.50. The van der Waals surface area contributed by atoms with Crippen molar-refractivity contribution in [1.29, 1.82) is 0 Å². The number of aliphatic hydroxyl groups is 3. The van der Waals surface area contributed by atoms with Gasteiger partial charge in [0, 0.05) is 42.0 Å². The lowest BCUT2D eigenvalue weighted by atomic mass is 9.72. The van der Waals surface area contributed by atoms with E-state index in [1.165, 1.54) is 25.3 Å². The summed E-state index contributed by atoms with van der Waals surface area (Å²) < 4.78 is 17.2. The maximum absolute atomic E-state index is 13.7. The molecule has 1 aliphatic heterocycles. The molecule has 0 spiro atoms. The minimum absolute atomic E-state index is 0. The van der Waals surface area contributed by atoms with E-state index in [1.54, 1.807) is 6.92 Å². The van der Waals surface area contributed by atoms with Crippen LogP contribution in [0.3, 0.4) is 0 Å². The lowest BCUT2D eigenvalue weighted by Crippen LogP contribution is -2.54. The number of ketones is 3. The molecular weight excluding hydrogens is 578 g/mol. The number of benzene rings is 2. The third-order valence-corrected chi connectivity index (χ3v) is 8.87. The molecule has 14 heteroatoms. The number of phenolic OH excluding ortho intramolecular Hbond substituents is 2. The third kappa shape index (κ3) is 4.85. The van der Waals surface area contributed by atoms with Crippen LogP contribution < -0.4 is 9.72 Å². The number of hydrogen-bond donors (Lipinski definition) is 6. The SMILES string of the molecule is COc1cccc2c1C(=O)c1c(O)c3c(c(O)c1C2=O)C[C@@](O)(C(=O)CO)C[C@@H]3OC1CC(N[SiH3])C(O)C(C)O1.Cl. The van der Waals surface area contributed by atoms with E-state index in [4.69, 9.17) is 14.2 Å². The van der Waals surface area contributed by atoms with Crippen LogP contribution in [0.15, 0.2) is 18.2 Å². The fraction of sp³-hybridized carbons (Fsp3) is 0.444. The number of phenols is 2. The molecule has 0 radical (unpaired) electrons. The number of nitrogens with one attached hydrogen (secondary N) is 1. The van der Waals surface area contributed by atoms with Gasteiger partial charge in [0.25, 0.3) is 0 Å². The van der Waals surface area contributed by atoms with E-state index < -0.39 is 89.6 Å². The van der Waals surface area contributed by atoms with Crippen molar-refractivity contribution in [1.82, 2.24) is 4.98 Å². The van der Waals surface area contributed by atoms with Crippen molar-refractivity contribution in [3.63, 3.8) is 0 Å². The van der Waals surface area contributed by atoms with Crippen LogP contribution in [0.4, 0.5) is 0 Å². The molecule has 1 heterocycles. The molecule has 0 aromatic heterocycles. The third-order valence-electron chi connectivity index (χ3n) is 8.13. The maximum Gasteiger partial charge on any atom is 0.202 e. The van der Waals surface area contributed by atoms with Gasteiger partial charge in [0.05, 0.1) is 52.5 Å². The predicted molar refractivity (Wildman–Crippen MR) is 148 cm³/mol. The molecule has 4 unspecified atom stereocenters. The Kier molecular flexibility index (Phi) is 8.65. The summed E-state index contributed by atoms with van der Waals surface area (Å²) in [6.45, 7) is 0.651. The molecule has 12 nitrogen and oxygen atoms in total. The first kappa shape index (κ1) is 31.1. The average molecular weight is 610 g/mol. The van der Waals surface area contributed by atoms with E-state index in [1.807, 2.05) is 0 Å². The number of aliphatic hydroxyl groups excluding tert-OH is 2. The molecule has 1 saturated heterocycles. The molecule has 0 amide bonds. The normalized spacial score (nSPS) is 28.8. The second kappa shape index (κ2) is 11.4. The summed E-state index contributed by atoms with van der Waals surface area (Å²) in [6.07, 6.45) is -4.52. The number of hydrogen-bond acceptors (Lipinski definition) is 12. The van der Waals surface area contributed by atoms with Crippen LogP contribution in [-0.2, 0) is 20.7 Å². The number of fused-ring (bicyclic) bond motifs is 3. The van der Waals surface area contributed by atoms with Crippen LogP contribution in [0, 0.1) is 0 Å². The summed E-state index contributed by atoms with van der Waals surface area (Å²) in [7, 11) is 1.90. The minimum Gasteiger partial charge on any atom is -0.507 e. The van der Waals surface area contributed by atoms with Crippen molar-refractivity contribution in [2.24, 2.45) is 0 Å². The largest absolute Gasteiger partial charge is 0.507 e. The molecule has 5 rings (SSSR count). The van der Waals surface area contributed by atoms with Gasteiger partial charge in [-0.1, -0.05) is 12.1 Å². The summed E-state index contributed by atoms with van der Waals surface area (Å²) in [5.74, 6) is -3.66. The van der Waals surface area contributed by atoms with Crippen LogP contribution in [0.25, 0.3) is 0 Å². The van der Waals surface area contributed by atoms with E-state index >= 15 is 0 Å². The molecule has 2 aromatic rings. The van der Waals surface area contributed by atoms with Gasteiger partial charge in [-0.15, -0.1) is 12.4 Å². The standard InChI is InChI=1S/C27H31NO11Si.ClH/c1-10-22(31)13(28-40)6-17(38-10)39-15-8-27(36,16(30)9-29)7-12-19(15)26(35)21-20(24(12)33)23(32)11-4-3-5-14(37-2)18(11)25(21)34;/h3-5,10,13,15,17,22,28-29,31,33,35-36H,6-9H2,1-2,40H3;1H/t10?,13?,15-,17?,22?,27-;/m0./s1. The molecule has 0 saturated carbocycles. The van der Waals surface area contributed by atoms with Gasteiger partial charge in [-0.2, -0.15) is 0 Å². The smallest absolute Gasteiger partial charge is 0.202 e. The van der Waals surface area contributed by atoms with Gasteiger partial charge in [-0.05, 0) is 13.0 Å². The lowest BCUT2D eigenvalue weighted by Gasteiger charge is -2.42. The van der Waals surface area contributed by atoms with Gasteiger partial charge in [0.1, 0.15) is 29.5 Å². The van der Waals surface area contributed by atoms with Gasteiger partial charge < -0.3 is 44.7 Å². The predicted octanol–water partition coefficient (Wildman–Crippen LogP) is -0.666. The first-order valence-electron chi connectivity index (χ1n) is 12.9. The summed E-state index contributed by atoms with van der Waals surface area (Å²) in [5, 5.41) is 54.2. The number of halogens is 1. The Morgan fingerprint density at radius 2 is 1.85 bits per heavy atom. The number of aromatic hydroxyl groups is 2. The topological polar surface area (TPSA) is 192 Å². The first-order valence-corrected chi connectivity index (χ1v) is 13.9. The van der Waals surface area contributed by atoms with Crippen LogP contribution in [-0.4, -0.2) is 97.1 Å². The van der Waals surface area contributed by atoms with Crippen LogP contribution in [0.5, 0.6) is 17.2 Å². The summed E-state index contributed by atoms with van der Waals surface area (Å²) in [6, 6.07) is 4.03. The number of ether oxygens (including phenoxy) is 3. The Morgan fingerprint density at radius 3 is 2.49 bits per heavy atom. The fourth-order valence-corrected chi connectivity index (χ4v) is 6.58. The van der Waals surface area contributed by atoms with E-state index in [0.717, 1.165) is 0 Å². The van der Waals surface area contributed by atoms with Gasteiger partial charge in [0.15, 0.2) is 17.9 Å². The molecule has 41 heavy (non-hydrogen) atoms. The minimum atomic E-state index is -2.22. The second-order valence-electron chi connectivity index (χ2n) is 10.4. The summed E-state index contributed by atoms with van der Waals surface area (Å²) in [5.41, 5.74) is -3.48. The zero-order valence-corrected chi connectivity index (χ0v) is 25.4. The quantitative estimate of drug-likeness (QED) is 0.153. The summed E-state index contributed by atoms with van der Waals surface area (Å²) >= 11 is 0. The number of carbonyl (C=O) groups excluding carboxylic acids is 3. The Bertz CT molecular complexity index is 1420. The number of rotatable bonds is 6. The molecule has 1 fully saturated rings. The Hall–Kier alpha value is -2.88. The van der Waals surface area contributed by atoms with Gasteiger partial charge >= 0.3 is 0 Å². The molecule has 3 aliphatic rings. The van der Waals surface area contributed by atoms with Crippen molar-refractivity contribution in [2.45, 2.75) is 62.4 Å². The monoisotopic (exact) mass is 609 g/mol. The van der Waals surface area contributed by atoms with E-state index in [0.29, 0.717) is 10.4 Å². The van der Waals surface area contributed by atoms with Crippen molar-refractivity contribution in [3.05, 3.63) is 51.6 Å². The van der Waals surface area contributed by atoms with Gasteiger partial charge in [0.2, 0.25) is 5.78 Å².